The third-order valence-electron chi connectivity index (χ3n) is 2.50. The fraction of sp³-hybridized carbons (Fsp3) is 0. The standard InChI is InChI=1S/C13H9N3OS/c17-13-11(9-5-2-1-3-6-9)15-16-12(14-13)10-7-4-8-18-10/h1-8H,(H,14,16,17). The van der Waals surface area contributed by atoms with E-state index >= 15 is 0 Å². The lowest BCUT2D eigenvalue weighted by Crippen LogP contribution is -2.13. The molecule has 0 atom stereocenters. The zero-order chi connectivity index (χ0) is 12.4. The van der Waals surface area contributed by atoms with Crippen LogP contribution in [0.2, 0.25) is 0 Å². The largest absolute Gasteiger partial charge is 0.302 e. The summed E-state index contributed by atoms with van der Waals surface area (Å²) < 4.78 is 0. The number of benzene rings is 1. The van der Waals surface area contributed by atoms with Crippen molar-refractivity contribution in [2.75, 3.05) is 0 Å². The first-order valence-corrected chi connectivity index (χ1v) is 6.29. The smallest absolute Gasteiger partial charge is 0.278 e. The van der Waals surface area contributed by atoms with Crippen LogP contribution < -0.4 is 5.56 Å². The van der Waals surface area contributed by atoms with Gasteiger partial charge in [0.25, 0.3) is 5.56 Å². The molecule has 0 unspecified atom stereocenters. The van der Waals surface area contributed by atoms with Crippen LogP contribution in [0.5, 0.6) is 0 Å². The Hall–Kier alpha value is -2.27. The summed E-state index contributed by atoms with van der Waals surface area (Å²) in [5, 5.41) is 10.0. The van der Waals surface area contributed by atoms with Crippen LogP contribution in [0.15, 0.2) is 52.6 Å². The maximum absolute atomic E-state index is 12.0. The molecule has 4 nitrogen and oxygen atoms in total. The van der Waals surface area contributed by atoms with Crippen LogP contribution in [0.3, 0.4) is 0 Å². The van der Waals surface area contributed by atoms with E-state index in [9.17, 15) is 4.79 Å². The third kappa shape index (κ3) is 1.96. The Kier molecular flexibility index (Phi) is 2.74. The predicted octanol–water partition coefficient (Wildman–Crippen LogP) is 2.56. The highest BCUT2D eigenvalue weighted by Crippen LogP contribution is 2.19. The molecule has 0 aliphatic rings. The zero-order valence-corrected chi connectivity index (χ0v) is 10.1. The molecule has 0 bridgehead atoms. The third-order valence-corrected chi connectivity index (χ3v) is 3.38. The molecule has 3 aromatic rings. The summed E-state index contributed by atoms with van der Waals surface area (Å²) >= 11 is 1.51. The summed E-state index contributed by atoms with van der Waals surface area (Å²) in [6.45, 7) is 0. The number of thiophene rings is 1. The van der Waals surface area contributed by atoms with E-state index in [1.165, 1.54) is 11.3 Å². The van der Waals surface area contributed by atoms with Crippen LogP contribution in [0.1, 0.15) is 0 Å². The predicted molar refractivity (Wildman–Crippen MR) is 71.4 cm³/mol. The average Bonchev–Trinajstić information content (AvgIpc) is 2.93. The molecule has 88 valence electrons. The minimum atomic E-state index is -0.223. The van der Waals surface area contributed by atoms with Gasteiger partial charge in [-0.05, 0) is 11.4 Å². The second-order valence-electron chi connectivity index (χ2n) is 3.69. The molecule has 0 spiro atoms. The molecule has 0 radical (unpaired) electrons. The molecule has 5 heteroatoms. The molecule has 2 aromatic heterocycles. The van der Waals surface area contributed by atoms with Gasteiger partial charge >= 0.3 is 0 Å². The SMILES string of the molecule is O=c1[nH]c(-c2cccs2)nnc1-c1ccccc1. The number of hydrogen-bond donors (Lipinski definition) is 1. The number of nitrogens with one attached hydrogen (secondary N) is 1. The van der Waals surface area contributed by atoms with Gasteiger partial charge in [0.05, 0.1) is 4.88 Å². The first kappa shape index (κ1) is 10.9. The van der Waals surface area contributed by atoms with Crippen molar-refractivity contribution in [1.29, 1.82) is 0 Å². The van der Waals surface area contributed by atoms with Crippen LogP contribution in [-0.4, -0.2) is 15.2 Å². The number of H-pyrrole nitrogens is 1. The Morgan fingerprint density at radius 2 is 1.83 bits per heavy atom. The van der Waals surface area contributed by atoms with Crippen LogP contribution in [-0.2, 0) is 0 Å². The van der Waals surface area contributed by atoms with Crippen molar-refractivity contribution in [2.45, 2.75) is 0 Å². The summed E-state index contributed by atoms with van der Waals surface area (Å²) in [7, 11) is 0. The lowest BCUT2D eigenvalue weighted by molar-refractivity contribution is 0.966. The van der Waals surface area contributed by atoms with E-state index in [0.29, 0.717) is 11.5 Å². The first-order chi connectivity index (χ1) is 8.84. The quantitative estimate of drug-likeness (QED) is 0.765. The Balaban J connectivity index is 2.08. The Bertz CT molecular complexity index is 705. The van der Waals surface area contributed by atoms with Gasteiger partial charge in [0.15, 0.2) is 11.5 Å². The number of nitrogens with zero attached hydrogens (tertiary/aromatic N) is 2. The molecule has 1 aromatic carbocycles. The molecule has 0 saturated carbocycles. The van der Waals surface area contributed by atoms with E-state index in [0.717, 1.165) is 10.4 Å². The molecule has 3 rings (SSSR count). The lowest BCUT2D eigenvalue weighted by Gasteiger charge is -2.00. The summed E-state index contributed by atoms with van der Waals surface area (Å²) in [5.41, 5.74) is 0.888. The molecular weight excluding hydrogens is 246 g/mol. The summed E-state index contributed by atoms with van der Waals surface area (Å²) in [6, 6.07) is 13.1. The van der Waals surface area contributed by atoms with E-state index in [1.54, 1.807) is 0 Å². The number of rotatable bonds is 2. The van der Waals surface area contributed by atoms with Crippen molar-refractivity contribution in [3.63, 3.8) is 0 Å². The molecule has 0 fully saturated rings. The average molecular weight is 255 g/mol. The second-order valence-corrected chi connectivity index (χ2v) is 4.64. The van der Waals surface area contributed by atoms with Gasteiger partial charge in [-0.25, -0.2) is 0 Å². The summed E-state index contributed by atoms with van der Waals surface area (Å²) in [5.74, 6) is 0.509. The maximum atomic E-state index is 12.0. The Labute approximate surface area is 107 Å². The van der Waals surface area contributed by atoms with Gasteiger partial charge in [0.2, 0.25) is 0 Å². The van der Waals surface area contributed by atoms with Gasteiger partial charge in [-0.1, -0.05) is 36.4 Å². The van der Waals surface area contributed by atoms with Gasteiger partial charge in [-0.15, -0.1) is 21.5 Å². The van der Waals surface area contributed by atoms with Gasteiger partial charge in [-0.3, -0.25) is 4.79 Å². The normalized spacial score (nSPS) is 10.4. The highest BCUT2D eigenvalue weighted by molar-refractivity contribution is 7.13. The minimum Gasteiger partial charge on any atom is -0.302 e. The van der Waals surface area contributed by atoms with E-state index in [2.05, 4.69) is 15.2 Å². The number of aromatic amines is 1. The van der Waals surface area contributed by atoms with Crippen molar-refractivity contribution in [1.82, 2.24) is 15.2 Å². The topological polar surface area (TPSA) is 58.6 Å². The van der Waals surface area contributed by atoms with Crippen molar-refractivity contribution in [3.8, 4) is 22.0 Å². The Morgan fingerprint density at radius 1 is 1.00 bits per heavy atom. The van der Waals surface area contributed by atoms with Crippen LogP contribution in [0.4, 0.5) is 0 Å². The second kappa shape index (κ2) is 4.54. The molecule has 18 heavy (non-hydrogen) atoms. The zero-order valence-electron chi connectivity index (χ0n) is 9.33. The molecule has 2 heterocycles. The molecule has 0 aliphatic heterocycles. The molecular formula is C13H9N3OS. The van der Waals surface area contributed by atoms with Gasteiger partial charge in [0, 0.05) is 5.56 Å². The van der Waals surface area contributed by atoms with E-state index in [4.69, 9.17) is 0 Å². The highest BCUT2D eigenvalue weighted by atomic mass is 32.1. The molecule has 0 aliphatic carbocycles. The fourth-order valence-corrected chi connectivity index (χ4v) is 2.31. The van der Waals surface area contributed by atoms with Crippen molar-refractivity contribution in [3.05, 3.63) is 58.2 Å². The van der Waals surface area contributed by atoms with Crippen molar-refractivity contribution >= 4 is 11.3 Å². The molecule has 0 saturated heterocycles. The van der Waals surface area contributed by atoms with E-state index < -0.39 is 0 Å². The first-order valence-electron chi connectivity index (χ1n) is 5.41. The van der Waals surface area contributed by atoms with Gasteiger partial charge < -0.3 is 4.98 Å². The summed E-state index contributed by atoms with van der Waals surface area (Å²) in [4.78, 5) is 15.6. The van der Waals surface area contributed by atoms with Crippen LogP contribution in [0, 0.1) is 0 Å². The minimum absolute atomic E-state index is 0.223. The lowest BCUT2D eigenvalue weighted by atomic mass is 10.2. The van der Waals surface area contributed by atoms with E-state index in [-0.39, 0.29) is 5.56 Å². The maximum Gasteiger partial charge on any atom is 0.278 e. The molecule has 1 N–H and O–H groups in total. The van der Waals surface area contributed by atoms with E-state index in [1.807, 2.05) is 47.8 Å². The fourth-order valence-electron chi connectivity index (χ4n) is 1.65. The van der Waals surface area contributed by atoms with Gasteiger partial charge in [-0.2, -0.15) is 0 Å². The van der Waals surface area contributed by atoms with Gasteiger partial charge in [0.1, 0.15) is 0 Å². The Morgan fingerprint density at radius 3 is 2.50 bits per heavy atom. The van der Waals surface area contributed by atoms with Crippen LogP contribution in [0.25, 0.3) is 22.0 Å². The highest BCUT2D eigenvalue weighted by Gasteiger charge is 2.08. The summed E-state index contributed by atoms with van der Waals surface area (Å²) in [6.07, 6.45) is 0. The van der Waals surface area contributed by atoms with Crippen LogP contribution >= 0.6 is 11.3 Å². The molecule has 0 amide bonds. The number of aromatic nitrogens is 3. The van der Waals surface area contributed by atoms with Crippen molar-refractivity contribution < 1.29 is 0 Å². The number of hydrogen-bond acceptors (Lipinski definition) is 4. The van der Waals surface area contributed by atoms with Crippen molar-refractivity contribution in [2.24, 2.45) is 0 Å². The monoisotopic (exact) mass is 255 g/mol.